The quantitative estimate of drug-likeness (QED) is 0.538. The van der Waals surface area contributed by atoms with Crippen LogP contribution in [0, 0.1) is 26.7 Å². The molecule has 0 bridgehead atoms. The van der Waals surface area contributed by atoms with Crippen LogP contribution in [0.4, 0.5) is 0 Å². The summed E-state index contributed by atoms with van der Waals surface area (Å²) in [5, 5.41) is 0. The van der Waals surface area contributed by atoms with E-state index >= 15 is 0 Å². The Hall–Kier alpha value is -2.00. The van der Waals surface area contributed by atoms with Gasteiger partial charge in [-0.1, -0.05) is 6.92 Å². The van der Waals surface area contributed by atoms with Crippen molar-refractivity contribution in [2.24, 2.45) is 5.92 Å². The number of thiophene rings is 1. The van der Waals surface area contributed by atoms with Gasteiger partial charge in [0.2, 0.25) is 0 Å². The molecule has 1 N–H and O–H groups in total. The van der Waals surface area contributed by atoms with Crippen molar-refractivity contribution in [1.82, 2.24) is 14.8 Å². The monoisotopic (exact) mass is 553 g/mol. The van der Waals surface area contributed by atoms with Gasteiger partial charge in [0.15, 0.2) is 0 Å². The molecule has 3 fully saturated rings. The number of carbonyl (C=O) groups excluding carboxylic acids is 1. The van der Waals surface area contributed by atoms with Crippen LogP contribution in [0.15, 0.2) is 10.9 Å². The molecule has 2 aromatic rings. The van der Waals surface area contributed by atoms with E-state index in [1.165, 1.54) is 41.0 Å². The van der Waals surface area contributed by atoms with Crippen LogP contribution in [0.25, 0.3) is 0 Å². The van der Waals surface area contributed by atoms with Crippen molar-refractivity contribution in [3.8, 4) is 0 Å². The van der Waals surface area contributed by atoms with Crippen LogP contribution in [0.5, 0.6) is 0 Å². The number of H-pyrrole nitrogens is 1. The minimum absolute atomic E-state index is 0.0808. The number of ether oxygens (including phenoxy) is 2. The van der Waals surface area contributed by atoms with E-state index in [1.807, 2.05) is 36.2 Å². The first-order chi connectivity index (χ1) is 18.8. The Bertz CT molecular complexity index is 1270. The number of nitrogens with one attached hydrogen (secondary N) is 1. The number of pyridine rings is 1. The van der Waals surface area contributed by atoms with Crippen LogP contribution in [0.1, 0.15) is 87.4 Å². The molecule has 5 heterocycles. The van der Waals surface area contributed by atoms with Crippen molar-refractivity contribution < 1.29 is 14.3 Å². The maximum absolute atomic E-state index is 13.6. The largest absolute Gasteiger partial charge is 0.379 e. The third-order valence-corrected chi connectivity index (χ3v) is 11.3. The third-order valence-electron chi connectivity index (χ3n) is 9.74. The zero-order valence-corrected chi connectivity index (χ0v) is 24.7. The summed E-state index contributed by atoms with van der Waals surface area (Å²) < 4.78 is 11.6. The standard InChI is InChI=1S/C31H43N3O4S/c1-18-13-19(2)32-30(35)26(18)16-33-11-9-27-28(31(33)36)21(4)29(39-27)20(3)22-5-7-23(8-6-22)34-14-25(15-34)38-24-10-12-37-17-24/h13,20,22-25H,5-12,14-17H2,1-4H3,(H,32,35)/t20-,22-,23-,24-/m1/s1. The number of carbonyl (C=O) groups is 1. The maximum atomic E-state index is 13.6. The molecule has 0 radical (unpaired) electrons. The summed E-state index contributed by atoms with van der Waals surface area (Å²) in [6.07, 6.45) is 7.64. The van der Waals surface area contributed by atoms with Gasteiger partial charge in [-0.05, 0) is 81.9 Å². The van der Waals surface area contributed by atoms with Crippen molar-refractivity contribution >= 4 is 17.2 Å². The normalized spacial score (nSPS) is 27.0. The number of rotatable bonds is 7. The van der Waals surface area contributed by atoms with Gasteiger partial charge in [-0.25, -0.2) is 0 Å². The van der Waals surface area contributed by atoms with Crippen LogP contribution in [0.2, 0.25) is 0 Å². The van der Waals surface area contributed by atoms with E-state index in [1.54, 1.807) is 0 Å². The molecule has 2 saturated heterocycles. The summed E-state index contributed by atoms with van der Waals surface area (Å²) in [6, 6.07) is 2.68. The average molecular weight is 554 g/mol. The highest BCUT2D eigenvalue weighted by atomic mass is 32.1. The molecular formula is C31H43N3O4S. The fourth-order valence-electron chi connectivity index (χ4n) is 7.33. The SMILES string of the molecule is Cc1cc(C)c(CN2CCc3sc([C@H](C)[C@H]4CC[C@H](N5CC(O[C@@H]6CCOC6)C5)CC4)c(C)c3C2=O)c(=O)[nH]1. The fourth-order valence-corrected chi connectivity index (χ4v) is 8.76. The number of hydrogen-bond acceptors (Lipinski definition) is 6. The van der Waals surface area contributed by atoms with Crippen molar-refractivity contribution in [3.63, 3.8) is 0 Å². The first-order valence-electron chi connectivity index (χ1n) is 14.9. The van der Waals surface area contributed by atoms with Crippen LogP contribution >= 0.6 is 11.3 Å². The molecule has 1 amide bonds. The zero-order chi connectivity index (χ0) is 27.3. The highest BCUT2D eigenvalue weighted by molar-refractivity contribution is 7.12. The van der Waals surface area contributed by atoms with Crippen LogP contribution in [-0.2, 0) is 22.4 Å². The molecule has 2 atom stereocenters. The summed E-state index contributed by atoms with van der Waals surface area (Å²) in [6.45, 7) is 13.2. The van der Waals surface area contributed by atoms with Gasteiger partial charge in [0.1, 0.15) is 0 Å². The molecule has 2 aromatic heterocycles. The van der Waals surface area contributed by atoms with E-state index in [-0.39, 0.29) is 11.5 Å². The molecular weight excluding hydrogens is 510 g/mol. The molecule has 39 heavy (non-hydrogen) atoms. The molecule has 0 aromatic carbocycles. The highest BCUT2D eigenvalue weighted by Gasteiger charge is 2.39. The Morgan fingerprint density at radius 1 is 1.10 bits per heavy atom. The van der Waals surface area contributed by atoms with Gasteiger partial charge in [-0.15, -0.1) is 11.3 Å². The van der Waals surface area contributed by atoms with Gasteiger partial charge in [-0.2, -0.15) is 0 Å². The van der Waals surface area contributed by atoms with E-state index < -0.39 is 0 Å². The molecule has 7 nitrogen and oxygen atoms in total. The molecule has 1 saturated carbocycles. The second-order valence-electron chi connectivity index (χ2n) is 12.4. The Labute approximate surface area is 235 Å². The topological polar surface area (TPSA) is 74.9 Å². The number of aromatic amines is 1. The number of fused-ring (bicyclic) bond motifs is 1. The summed E-state index contributed by atoms with van der Waals surface area (Å²) in [4.78, 5) is 36.3. The van der Waals surface area contributed by atoms with Crippen molar-refractivity contribution in [1.29, 1.82) is 0 Å². The summed E-state index contributed by atoms with van der Waals surface area (Å²) >= 11 is 1.87. The van der Waals surface area contributed by atoms with Crippen LogP contribution in [-0.4, -0.2) is 71.8 Å². The fraction of sp³-hybridized carbons (Fsp3) is 0.677. The second kappa shape index (κ2) is 11.1. The summed E-state index contributed by atoms with van der Waals surface area (Å²) in [5.41, 5.74) is 4.50. The predicted molar refractivity (Wildman–Crippen MR) is 154 cm³/mol. The maximum Gasteiger partial charge on any atom is 0.255 e. The van der Waals surface area contributed by atoms with E-state index in [2.05, 4.69) is 23.7 Å². The number of aryl methyl sites for hydroxylation is 2. The lowest BCUT2D eigenvalue weighted by molar-refractivity contribution is -0.110. The van der Waals surface area contributed by atoms with Crippen molar-refractivity contribution in [3.05, 3.63) is 54.1 Å². The number of likely N-dealkylation sites (tertiary alicyclic amines) is 1. The Morgan fingerprint density at radius 3 is 2.56 bits per heavy atom. The lowest BCUT2D eigenvalue weighted by atomic mass is 9.76. The lowest BCUT2D eigenvalue weighted by Crippen LogP contribution is -2.58. The van der Waals surface area contributed by atoms with Crippen molar-refractivity contribution in [2.45, 2.75) is 96.9 Å². The minimum Gasteiger partial charge on any atom is -0.379 e. The van der Waals surface area contributed by atoms with Gasteiger partial charge in [0.05, 0.1) is 30.9 Å². The van der Waals surface area contributed by atoms with Gasteiger partial charge >= 0.3 is 0 Å². The first kappa shape index (κ1) is 27.2. The summed E-state index contributed by atoms with van der Waals surface area (Å²) in [5.74, 6) is 1.23. The first-order valence-corrected chi connectivity index (χ1v) is 15.7. The molecule has 1 aliphatic carbocycles. The van der Waals surface area contributed by atoms with E-state index in [9.17, 15) is 9.59 Å². The second-order valence-corrected chi connectivity index (χ2v) is 13.5. The molecule has 4 aliphatic rings. The van der Waals surface area contributed by atoms with E-state index in [4.69, 9.17) is 9.47 Å². The Balaban J connectivity index is 1.06. The van der Waals surface area contributed by atoms with Gasteiger partial charge in [0.25, 0.3) is 11.5 Å². The predicted octanol–water partition coefficient (Wildman–Crippen LogP) is 4.71. The highest BCUT2D eigenvalue weighted by Crippen LogP contribution is 2.44. The Kier molecular flexibility index (Phi) is 7.74. The van der Waals surface area contributed by atoms with Gasteiger partial charge < -0.3 is 19.4 Å². The molecule has 0 spiro atoms. The van der Waals surface area contributed by atoms with E-state index in [0.717, 1.165) is 56.0 Å². The van der Waals surface area contributed by atoms with Gasteiger partial charge in [-0.3, -0.25) is 14.5 Å². The van der Waals surface area contributed by atoms with Crippen LogP contribution in [0.3, 0.4) is 0 Å². The number of hydrogen-bond donors (Lipinski definition) is 1. The zero-order valence-electron chi connectivity index (χ0n) is 23.9. The number of amides is 1. The summed E-state index contributed by atoms with van der Waals surface area (Å²) in [7, 11) is 0. The van der Waals surface area contributed by atoms with Crippen LogP contribution < -0.4 is 5.56 Å². The number of nitrogens with zero attached hydrogens (tertiary/aromatic N) is 2. The number of aromatic nitrogens is 1. The minimum atomic E-state index is -0.0808. The molecule has 3 aliphatic heterocycles. The van der Waals surface area contributed by atoms with Crippen molar-refractivity contribution in [2.75, 3.05) is 32.8 Å². The van der Waals surface area contributed by atoms with E-state index in [0.29, 0.717) is 48.7 Å². The third kappa shape index (κ3) is 5.37. The lowest BCUT2D eigenvalue weighted by Gasteiger charge is -2.47. The smallest absolute Gasteiger partial charge is 0.255 e. The van der Waals surface area contributed by atoms with Gasteiger partial charge in [0, 0.05) is 59.7 Å². The molecule has 212 valence electrons. The molecule has 8 heteroatoms. The molecule has 6 rings (SSSR count). The Morgan fingerprint density at radius 2 is 1.87 bits per heavy atom. The average Bonchev–Trinajstić information content (AvgIpc) is 3.52. The molecule has 0 unspecified atom stereocenters.